The van der Waals surface area contributed by atoms with Crippen molar-refractivity contribution in [3.05, 3.63) is 83.8 Å². The number of carbonyl (C=O) groups excluding carboxylic acids is 1. The van der Waals surface area contributed by atoms with E-state index in [1.54, 1.807) is 12.1 Å². The van der Waals surface area contributed by atoms with E-state index in [0.717, 1.165) is 11.6 Å². The number of aromatic nitrogens is 1. The molecule has 9 heteroatoms. The van der Waals surface area contributed by atoms with Crippen molar-refractivity contribution in [3.8, 4) is 16.9 Å². The first-order valence-electron chi connectivity index (χ1n) is 11.4. The lowest BCUT2D eigenvalue weighted by Crippen LogP contribution is -2.27. The maximum absolute atomic E-state index is 14.6. The first-order valence-corrected chi connectivity index (χ1v) is 11.4. The lowest BCUT2D eigenvalue weighted by Gasteiger charge is -2.25. The van der Waals surface area contributed by atoms with Crippen molar-refractivity contribution in [2.45, 2.75) is 12.3 Å². The van der Waals surface area contributed by atoms with Gasteiger partial charge in [-0.05, 0) is 18.6 Å². The van der Waals surface area contributed by atoms with Gasteiger partial charge in [-0.1, -0.05) is 36.4 Å². The topological polar surface area (TPSA) is 83.5 Å². The molecule has 1 atom stereocenters. The fourth-order valence-corrected chi connectivity index (χ4v) is 4.49. The molecule has 0 aliphatic carbocycles. The average molecular weight is 493 g/mol. The number of carbonyl (C=O) groups is 1. The molecule has 3 aromatic carbocycles. The van der Waals surface area contributed by atoms with Crippen LogP contribution in [0.4, 0.5) is 24.5 Å². The molecule has 2 heterocycles. The number of hydrogen-bond acceptors (Lipinski definition) is 5. The number of amides is 1. The van der Waals surface area contributed by atoms with Gasteiger partial charge in [-0.15, -0.1) is 0 Å². The fraction of sp³-hybridized carbons (Fsp3) is 0.185. The van der Waals surface area contributed by atoms with Crippen LogP contribution < -0.4 is 15.4 Å². The molecule has 1 unspecified atom stereocenters. The lowest BCUT2D eigenvalue weighted by atomic mass is 9.92. The summed E-state index contributed by atoms with van der Waals surface area (Å²) in [6.07, 6.45) is 1.90. The van der Waals surface area contributed by atoms with Crippen LogP contribution in [0.25, 0.3) is 22.0 Å². The lowest BCUT2D eigenvalue weighted by molar-refractivity contribution is -0.118. The Balaban J connectivity index is 1.58. The fourth-order valence-electron chi connectivity index (χ4n) is 4.49. The quantitative estimate of drug-likeness (QED) is 0.321. The van der Waals surface area contributed by atoms with E-state index in [0.29, 0.717) is 41.6 Å². The van der Waals surface area contributed by atoms with Crippen molar-refractivity contribution >= 4 is 28.2 Å². The van der Waals surface area contributed by atoms with Gasteiger partial charge in [0.1, 0.15) is 11.6 Å². The van der Waals surface area contributed by atoms with Crippen molar-refractivity contribution in [1.82, 2.24) is 4.98 Å². The number of pyridine rings is 1. The Kier molecular flexibility index (Phi) is 6.47. The van der Waals surface area contributed by atoms with Crippen molar-refractivity contribution in [2.24, 2.45) is 0 Å². The van der Waals surface area contributed by atoms with Gasteiger partial charge in [0.25, 0.3) is 0 Å². The molecule has 1 aromatic heterocycles. The molecule has 0 saturated carbocycles. The first kappa shape index (κ1) is 23.6. The Bertz CT molecular complexity index is 1460. The van der Waals surface area contributed by atoms with Crippen LogP contribution in [0, 0.1) is 17.5 Å². The third-order valence-electron chi connectivity index (χ3n) is 6.13. The summed E-state index contributed by atoms with van der Waals surface area (Å²) < 4.78 is 48.1. The van der Waals surface area contributed by atoms with Crippen LogP contribution in [-0.2, 0) is 4.79 Å². The van der Waals surface area contributed by atoms with Crippen molar-refractivity contribution in [2.75, 3.05) is 30.4 Å². The predicted molar refractivity (Wildman–Crippen MR) is 131 cm³/mol. The number of anilines is 2. The minimum Gasteiger partial charge on any atom is -0.493 e. The Morgan fingerprint density at radius 1 is 1.08 bits per heavy atom. The molecule has 4 aromatic rings. The summed E-state index contributed by atoms with van der Waals surface area (Å²) in [5.74, 6) is -3.44. The number of aliphatic hydroxyl groups excluding tert-OH is 1. The van der Waals surface area contributed by atoms with Gasteiger partial charge in [-0.3, -0.25) is 9.78 Å². The van der Waals surface area contributed by atoms with Crippen LogP contribution in [0.1, 0.15) is 17.9 Å². The molecule has 1 amide bonds. The van der Waals surface area contributed by atoms with Gasteiger partial charge in [-0.2, -0.15) is 0 Å². The molecule has 0 fully saturated rings. The number of rotatable bonds is 6. The molecule has 3 N–H and O–H groups in total. The van der Waals surface area contributed by atoms with Crippen LogP contribution in [0.3, 0.4) is 0 Å². The van der Waals surface area contributed by atoms with Crippen LogP contribution >= 0.6 is 0 Å². The summed E-state index contributed by atoms with van der Waals surface area (Å²) in [7, 11) is 0. The largest absolute Gasteiger partial charge is 0.493 e. The Morgan fingerprint density at radius 2 is 1.92 bits per heavy atom. The molecule has 0 saturated heterocycles. The second-order valence-corrected chi connectivity index (χ2v) is 8.36. The van der Waals surface area contributed by atoms with E-state index in [2.05, 4.69) is 15.6 Å². The molecule has 1 aliphatic rings. The number of hydrogen-bond donors (Lipinski definition) is 3. The number of fused-ring (bicyclic) bond motifs is 2. The molecule has 36 heavy (non-hydrogen) atoms. The average Bonchev–Trinajstić information content (AvgIpc) is 2.89. The summed E-state index contributed by atoms with van der Waals surface area (Å²) >= 11 is 0. The van der Waals surface area contributed by atoms with Gasteiger partial charge < -0.3 is 20.5 Å². The molecular weight excluding hydrogens is 471 g/mol. The monoisotopic (exact) mass is 493 g/mol. The van der Waals surface area contributed by atoms with Crippen LogP contribution in [0.15, 0.2) is 60.8 Å². The third kappa shape index (κ3) is 4.33. The molecule has 5 rings (SSSR count). The van der Waals surface area contributed by atoms with Crippen LogP contribution in [0.5, 0.6) is 5.75 Å². The molecule has 184 valence electrons. The highest BCUT2D eigenvalue weighted by molar-refractivity contribution is 6.08. The van der Waals surface area contributed by atoms with Gasteiger partial charge in [0.05, 0.1) is 42.2 Å². The number of aliphatic hydroxyl groups is 1. The van der Waals surface area contributed by atoms with Crippen molar-refractivity contribution in [3.63, 3.8) is 0 Å². The Hall–Kier alpha value is -4.11. The predicted octanol–water partition coefficient (Wildman–Crippen LogP) is 5.23. The zero-order valence-electron chi connectivity index (χ0n) is 19.0. The molecule has 0 radical (unpaired) electrons. The van der Waals surface area contributed by atoms with Gasteiger partial charge in [0.15, 0.2) is 11.6 Å². The second kappa shape index (κ2) is 9.87. The molecule has 6 nitrogen and oxygen atoms in total. The van der Waals surface area contributed by atoms with E-state index in [1.807, 2.05) is 24.3 Å². The van der Waals surface area contributed by atoms with Crippen molar-refractivity contribution in [1.29, 1.82) is 0 Å². The Morgan fingerprint density at radius 3 is 2.75 bits per heavy atom. The van der Waals surface area contributed by atoms with E-state index in [1.165, 1.54) is 12.3 Å². The zero-order valence-corrected chi connectivity index (χ0v) is 19.0. The summed E-state index contributed by atoms with van der Waals surface area (Å²) in [6.45, 7) is 0.378. The SMILES string of the molecule is O=C(Nc1cnc2c(-c3cc(F)cc(F)c3F)cccc2c1NCCO)C1CCOc2ccccc21. The normalized spacial score (nSPS) is 14.7. The van der Waals surface area contributed by atoms with E-state index in [4.69, 9.17) is 4.74 Å². The molecule has 1 aliphatic heterocycles. The number of benzene rings is 3. The van der Waals surface area contributed by atoms with Gasteiger partial charge in [0.2, 0.25) is 5.91 Å². The van der Waals surface area contributed by atoms with E-state index >= 15 is 0 Å². The minimum atomic E-state index is -1.30. The number of nitrogens with one attached hydrogen (secondary N) is 2. The van der Waals surface area contributed by atoms with Gasteiger partial charge >= 0.3 is 0 Å². The standard InChI is InChI=1S/C27H22F3N3O3/c28-15-12-20(24(30)21(29)13-15)17-5-3-6-19-25(17)32-14-22(26(19)31-9-10-34)33-27(35)18-8-11-36-23-7-2-1-4-16(18)23/h1-7,12-14,18,34H,8-11H2,(H,31,32)(H,33,35). The summed E-state index contributed by atoms with van der Waals surface area (Å²) in [5.41, 5.74) is 1.78. The number of halogens is 3. The molecule has 0 spiro atoms. The maximum atomic E-state index is 14.6. The zero-order chi connectivity index (χ0) is 25.2. The van der Waals surface area contributed by atoms with E-state index in [-0.39, 0.29) is 35.7 Å². The highest BCUT2D eigenvalue weighted by Gasteiger charge is 2.28. The third-order valence-corrected chi connectivity index (χ3v) is 6.13. The van der Waals surface area contributed by atoms with E-state index in [9.17, 15) is 23.1 Å². The van der Waals surface area contributed by atoms with Gasteiger partial charge in [0, 0.05) is 34.7 Å². The number of nitrogens with zero attached hydrogens (tertiary/aromatic N) is 1. The van der Waals surface area contributed by atoms with Crippen molar-refractivity contribution < 1.29 is 27.8 Å². The number of para-hydroxylation sites is 2. The molecule has 0 bridgehead atoms. The van der Waals surface area contributed by atoms with Crippen LogP contribution in [0.2, 0.25) is 0 Å². The maximum Gasteiger partial charge on any atom is 0.232 e. The second-order valence-electron chi connectivity index (χ2n) is 8.36. The molecular formula is C27H22F3N3O3. The Labute approximate surface area is 204 Å². The minimum absolute atomic E-state index is 0.162. The van der Waals surface area contributed by atoms with E-state index < -0.39 is 23.4 Å². The summed E-state index contributed by atoms with van der Waals surface area (Å²) in [5, 5.41) is 15.9. The first-order chi connectivity index (χ1) is 17.5. The highest BCUT2D eigenvalue weighted by Crippen LogP contribution is 2.38. The summed E-state index contributed by atoms with van der Waals surface area (Å²) in [4.78, 5) is 17.7. The smallest absolute Gasteiger partial charge is 0.232 e. The number of ether oxygens (including phenoxy) is 1. The van der Waals surface area contributed by atoms with Crippen LogP contribution in [-0.4, -0.2) is 35.8 Å². The van der Waals surface area contributed by atoms with Gasteiger partial charge in [-0.25, -0.2) is 13.2 Å². The summed E-state index contributed by atoms with van der Waals surface area (Å²) in [6, 6.07) is 13.5. The highest BCUT2D eigenvalue weighted by atomic mass is 19.2.